The second kappa shape index (κ2) is 6.93. The molecule has 0 spiro atoms. The van der Waals surface area contributed by atoms with Crippen LogP contribution in [0.15, 0.2) is 24.3 Å². The third-order valence-corrected chi connectivity index (χ3v) is 2.08. The van der Waals surface area contributed by atoms with Gasteiger partial charge in [-0.15, -0.1) is 12.4 Å². The van der Waals surface area contributed by atoms with Crippen LogP contribution >= 0.6 is 12.4 Å². The summed E-state index contributed by atoms with van der Waals surface area (Å²) in [5, 5.41) is 0. The number of hydrogen-bond acceptors (Lipinski definition) is 1. The van der Waals surface area contributed by atoms with Crippen LogP contribution in [0.1, 0.15) is 30.9 Å². The smallest absolute Gasteiger partial charge is 0.0178 e. The van der Waals surface area contributed by atoms with Crippen molar-refractivity contribution in [2.75, 3.05) is 0 Å². The molecule has 1 aromatic carbocycles. The number of hydrogen-bond donors (Lipinski definition) is 1. The van der Waals surface area contributed by atoms with E-state index in [1.807, 2.05) is 0 Å². The minimum atomic E-state index is 0. The fourth-order valence-corrected chi connectivity index (χ4v) is 1.22. The Morgan fingerprint density at radius 1 is 1.08 bits per heavy atom. The number of aryl methyl sites for hydroxylation is 1. The van der Waals surface area contributed by atoms with E-state index in [4.69, 9.17) is 5.73 Å². The molecule has 2 N–H and O–H groups in total. The zero-order valence-corrected chi connectivity index (χ0v) is 8.94. The molecule has 13 heavy (non-hydrogen) atoms. The highest BCUT2D eigenvalue weighted by Crippen LogP contribution is 2.06. The van der Waals surface area contributed by atoms with Crippen LogP contribution in [0.5, 0.6) is 0 Å². The monoisotopic (exact) mass is 199 g/mol. The van der Waals surface area contributed by atoms with Gasteiger partial charge in [-0.3, -0.25) is 0 Å². The quantitative estimate of drug-likeness (QED) is 0.793. The van der Waals surface area contributed by atoms with Crippen molar-refractivity contribution in [3.63, 3.8) is 0 Å². The summed E-state index contributed by atoms with van der Waals surface area (Å²) in [5.74, 6) is 0. The minimum Gasteiger partial charge on any atom is -0.326 e. The predicted octanol–water partition coefficient (Wildman–Crippen LogP) is 2.91. The normalized spacial score (nSPS) is 9.38. The first-order chi connectivity index (χ1) is 5.86. The van der Waals surface area contributed by atoms with Crippen molar-refractivity contribution < 1.29 is 0 Å². The molecule has 1 aromatic rings. The van der Waals surface area contributed by atoms with Crippen molar-refractivity contribution in [3.8, 4) is 0 Å². The molecule has 74 valence electrons. The lowest BCUT2D eigenvalue weighted by Crippen LogP contribution is -1.95. The Morgan fingerprint density at radius 2 is 1.62 bits per heavy atom. The molecule has 0 aliphatic carbocycles. The standard InChI is InChI=1S/C11H17N.ClH/c1-2-3-4-10-5-7-11(9-12)8-6-10;/h5-8H,2-4,9,12H2,1H3;1H. The number of benzene rings is 1. The van der Waals surface area contributed by atoms with Crippen LogP contribution in [-0.2, 0) is 13.0 Å². The highest BCUT2D eigenvalue weighted by atomic mass is 35.5. The molecular weight excluding hydrogens is 182 g/mol. The Morgan fingerprint density at radius 3 is 2.08 bits per heavy atom. The lowest BCUT2D eigenvalue weighted by atomic mass is 10.1. The van der Waals surface area contributed by atoms with Crippen molar-refractivity contribution in [2.45, 2.75) is 32.7 Å². The summed E-state index contributed by atoms with van der Waals surface area (Å²) < 4.78 is 0. The fraction of sp³-hybridized carbons (Fsp3) is 0.455. The van der Waals surface area contributed by atoms with Gasteiger partial charge in [0, 0.05) is 6.54 Å². The molecule has 0 atom stereocenters. The van der Waals surface area contributed by atoms with Gasteiger partial charge in [0.1, 0.15) is 0 Å². The molecule has 0 fully saturated rings. The molecule has 0 bridgehead atoms. The Labute approximate surface area is 86.7 Å². The van der Waals surface area contributed by atoms with E-state index < -0.39 is 0 Å². The summed E-state index contributed by atoms with van der Waals surface area (Å²) >= 11 is 0. The molecule has 0 heterocycles. The number of rotatable bonds is 4. The minimum absolute atomic E-state index is 0. The van der Waals surface area contributed by atoms with Crippen LogP contribution in [0.4, 0.5) is 0 Å². The van der Waals surface area contributed by atoms with Gasteiger partial charge >= 0.3 is 0 Å². The van der Waals surface area contributed by atoms with E-state index in [2.05, 4.69) is 31.2 Å². The van der Waals surface area contributed by atoms with Crippen molar-refractivity contribution >= 4 is 12.4 Å². The zero-order chi connectivity index (χ0) is 8.81. The molecule has 1 nitrogen and oxygen atoms in total. The lowest BCUT2D eigenvalue weighted by Gasteiger charge is -2.00. The third-order valence-electron chi connectivity index (χ3n) is 2.08. The average molecular weight is 200 g/mol. The number of halogens is 1. The van der Waals surface area contributed by atoms with Gasteiger partial charge in [0.2, 0.25) is 0 Å². The van der Waals surface area contributed by atoms with Gasteiger partial charge in [0.25, 0.3) is 0 Å². The van der Waals surface area contributed by atoms with Gasteiger partial charge < -0.3 is 5.73 Å². The van der Waals surface area contributed by atoms with E-state index in [0.717, 1.165) is 0 Å². The number of unbranched alkanes of at least 4 members (excludes halogenated alkanes) is 1. The van der Waals surface area contributed by atoms with Crippen molar-refractivity contribution in [1.82, 2.24) is 0 Å². The Hall–Kier alpha value is -0.530. The van der Waals surface area contributed by atoms with Crippen molar-refractivity contribution in [2.24, 2.45) is 5.73 Å². The second-order valence-electron chi connectivity index (χ2n) is 3.12. The summed E-state index contributed by atoms with van der Waals surface area (Å²) in [7, 11) is 0. The maximum Gasteiger partial charge on any atom is 0.0178 e. The predicted molar refractivity (Wildman–Crippen MR) is 60.2 cm³/mol. The highest BCUT2D eigenvalue weighted by Gasteiger charge is 1.92. The first-order valence-electron chi connectivity index (χ1n) is 4.64. The van der Waals surface area contributed by atoms with Gasteiger partial charge in [-0.2, -0.15) is 0 Å². The van der Waals surface area contributed by atoms with Crippen LogP contribution in [0.25, 0.3) is 0 Å². The van der Waals surface area contributed by atoms with E-state index >= 15 is 0 Å². The fourth-order valence-electron chi connectivity index (χ4n) is 1.22. The van der Waals surface area contributed by atoms with Gasteiger partial charge in [-0.25, -0.2) is 0 Å². The second-order valence-corrected chi connectivity index (χ2v) is 3.12. The van der Waals surface area contributed by atoms with E-state index in [0.29, 0.717) is 6.54 Å². The topological polar surface area (TPSA) is 26.0 Å². The van der Waals surface area contributed by atoms with E-state index in [-0.39, 0.29) is 12.4 Å². The average Bonchev–Trinajstić information content (AvgIpc) is 2.15. The first-order valence-corrected chi connectivity index (χ1v) is 4.64. The molecule has 0 aliphatic rings. The van der Waals surface area contributed by atoms with Gasteiger partial charge in [0.15, 0.2) is 0 Å². The molecule has 1 rings (SSSR count). The number of nitrogens with two attached hydrogens (primary N) is 1. The first kappa shape index (κ1) is 12.5. The molecule has 0 aromatic heterocycles. The van der Waals surface area contributed by atoms with Gasteiger partial charge in [0.05, 0.1) is 0 Å². The molecule has 0 unspecified atom stereocenters. The van der Waals surface area contributed by atoms with Crippen LogP contribution in [0.3, 0.4) is 0 Å². The molecule has 2 heteroatoms. The Bertz CT molecular complexity index is 218. The Balaban J connectivity index is 0.00000144. The van der Waals surface area contributed by atoms with Gasteiger partial charge in [-0.05, 0) is 24.0 Å². The van der Waals surface area contributed by atoms with Crippen LogP contribution < -0.4 is 5.73 Å². The maximum absolute atomic E-state index is 5.50. The van der Waals surface area contributed by atoms with Crippen LogP contribution in [0, 0.1) is 0 Å². The Kier molecular flexibility index (Phi) is 6.65. The summed E-state index contributed by atoms with van der Waals surface area (Å²) in [6.45, 7) is 2.86. The van der Waals surface area contributed by atoms with E-state index in [1.54, 1.807) is 0 Å². The van der Waals surface area contributed by atoms with Crippen molar-refractivity contribution in [1.29, 1.82) is 0 Å². The maximum atomic E-state index is 5.50. The molecule has 0 radical (unpaired) electrons. The zero-order valence-electron chi connectivity index (χ0n) is 8.12. The summed E-state index contributed by atoms with van der Waals surface area (Å²) in [6, 6.07) is 8.59. The summed E-state index contributed by atoms with van der Waals surface area (Å²) in [5.41, 5.74) is 8.14. The molecule has 0 aliphatic heterocycles. The summed E-state index contributed by atoms with van der Waals surface area (Å²) in [6.07, 6.45) is 3.74. The largest absolute Gasteiger partial charge is 0.326 e. The summed E-state index contributed by atoms with van der Waals surface area (Å²) in [4.78, 5) is 0. The van der Waals surface area contributed by atoms with E-state index in [1.165, 1.54) is 30.4 Å². The van der Waals surface area contributed by atoms with Crippen LogP contribution in [0.2, 0.25) is 0 Å². The lowest BCUT2D eigenvalue weighted by molar-refractivity contribution is 0.794. The highest BCUT2D eigenvalue weighted by molar-refractivity contribution is 5.85. The van der Waals surface area contributed by atoms with Crippen molar-refractivity contribution in [3.05, 3.63) is 35.4 Å². The molecule has 0 saturated carbocycles. The SMILES string of the molecule is CCCCc1ccc(CN)cc1.Cl. The van der Waals surface area contributed by atoms with Gasteiger partial charge in [-0.1, -0.05) is 37.6 Å². The molecular formula is C11H18ClN. The molecule has 0 amide bonds. The van der Waals surface area contributed by atoms with E-state index in [9.17, 15) is 0 Å². The van der Waals surface area contributed by atoms with Crippen LogP contribution in [-0.4, -0.2) is 0 Å². The third kappa shape index (κ3) is 4.30. The molecule has 0 saturated heterocycles.